The second-order valence-corrected chi connectivity index (χ2v) is 5.66. The number of guanidine groups is 1. The Kier molecular flexibility index (Phi) is 11.8. The first-order valence-electron chi connectivity index (χ1n) is 8.18. The molecule has 1 rings (SSSR count). The lowest BCUT2D eigenvalue weighted by Crippen LogP contribution is -2.38. The van der Waals surface area contributed by atoms with Crippen molar-refractivity contribution in [1.82, 2.24) is 10.6 Å². The molecule has 0 heterocycles. The molecule has 9 heteroatoms. The van der Waals surface area contributed by atoms with Gasteiger partial charge >= 0.3 is 6.18 Å². The average molecular weight is 491 g/mol. The van der Waals surface area contributed by atoms with Gasteiger partial charge in [0, 0.05) is 19.7 Å². The van der Waals surface area contributed by atoms with Crippen LogP contribution in [-0.2, 0) is 4.74 Å². The number of halogens is 5. The van der Waals surface area contributed by atoms with E-state index in [2.05, 4.69) is 20.4 Å². The number of aliphatic imine (C=N–C) groups is 1. The van der Waals surface area contributed by atoms with Gasteiger partial charge in [0.15, 0.2) is 5.96 Å². The predicted molar refractivity (Wildman–Crippen MR) is 106 cm³/mol. The molecule has 0 radical (unpaired) electrons. The number of alkyl halides is 3. The molecule has 1 aromatic carbocycles. The molecule has 4 nitrogen and oxygen atoms in total. The van der Waals surface area contributed by atoms with Gasteiger partial charge in [-0.05, 0) is 44.4 Å². The lowest BCUT2D eigenvalue weighted by molar-refractivity contribution is -0.173. The molecule has 0 fully saturated rings. The molecule has 0 saturated carbocycles. The molecule has 26 heavy (non-hydrogen) atoms. The maximum Gasteiger partial charge on any atom is 0.411 e. The van der Waals surface area contributed by atoms with Gasteiger partial charge in [-0.3, -0.25) is 4.99 Å². The molecule has 0 amide bonds. The van der Waals surface area contributed by atoms with Gasteiger partial charge in [0.05, 0.1) is 6.04 Å². The van der Waals surface area contributed by atoms with Gasteiger partial charge in [-0.2, -0.15) is 13.2 Å². The Morgan fingerprint density at radius 1 is 1.31 bits per heavy atom. The lowest BCUT2D eigenvalue weighted by Gasteiger charge is -2.18. The Hall–Kier alpha value is -1.10. The van der Waals surface area contributed by atoms with Crippen molar-refractivity contribution in [2.75, 3.05) is 26.3 Å². The van der Waals surface area contributed by atoms with E-state index in [1.165, 1.54) is 6.07 Å². The third-order valence-corrected chi connectivity index (χ3v) is 3.38. The molecule has 2 N–H and O–H groups in total. The van der Waals surface area contributed by atoms with Gasteiger partial charge in [0.1, 0.15) is 12.4 Å². The molecule has 150 valence electrons. The van der Waals surface area contributed by atoms with Crippen molar-refractivity contribution >= 4 is 29.9 Å². The minimum absolute atomic E-state index is 0. The predicted octanol–water partition coefficient (Wildman–Crippen LogP) is 4.34. The molecule has 0 spiro atoms. The highest BCUT2D eigenvalue weighted by molar-refractivity contribution is 14.0. The summed E-state index contributed by atoms with van der Waals surface area (Å²) in [4.78, 5) is 4.29. The Morgan fingerprint density at radius 3 is 2.58 bits per heavy atom. The van der Waals surface area contributed by atoms with Gasteiger partial charge in [-0.25, -0.2) is 4.39 Å². The molecule has 0 aliphatic rings. The highest BCUT2D eigenvalue weighted by Crippen LogP contribution is 2.16. The summed E-state index contributed by atoms with van der Waals surface area (Å²) in [6.07, 6.45) is -3.93. The van der Waals surface area contributed by atoms with Crippen molar-refractivity contribution in [3.05, 3.63) is 35.1 Å². The van der Waals surface area contributed by atoms with Crippen LogP contribution in [0.1, 0.15) is 37.4 Å². The summed E-state index contributed by atoms with van der Waals surface area (Å²) in [5.74, 6) is 0.252. The highest BCUT2D eigenvalue weighted by atomic mass is 127. The molecule has 0 aromatic heterocycles. The van der Waals surface area contributed by atoms with E-state index in [1.807, 2.05) is 19.9 Å². The third kappa shape index (κ3) is 10.1. The van der Waals surface area contributed by atoms with Gasteiger partial charge in [0.25, 0.3) is 0 Å². The molecule has 1 aromatic rings. The van der Waals surface area contributed by atoms with Crippen LogP contribution in [0.5, 0.6) is 0 Å². The number of ether oxygens (including phenoxy) is 1. The van der Waals surface area contributed by atoms with Crippen molar-refractivity contribution in [1.29, 1.82) is 0 Å². The number of aryl methyl sites for hydroxylation is 1. The SMILES string of the molecule is CCNC(=NCCCOCC(F)(F)F)NC(C)c1ccc(C)c(F)c1.I. The third-order valence-electron chi connectivity index (χ3n) is 3.38. The van der Waals surface area contributed by atoms with Crippen molar-refractivity contribution < 1.29 is 22.3 Å². The molecular formula is C17H26F4IN3O. The Bertz CT molecular complexity index is 567. The Labute approximate surface area is 168 Å². The summed E-state index contributed by atoms with van der Waals surface area (Å²) in [6, 6.07) is 4.85. The van der Waals surface area contributed by atoms with Crippen LogP contribution < -0.4 is 10.6 Å². The van der Waals surface area contributed by atoms with E-state index in [0.29, 0.717) is 31.0 Å². The number of rotatable bonds is 8. The van der Waals surface area contributed by atoms with E-state index in [0.717, 1.165) is 5.56 Å². The number of hydrogen-bond acceptors (Lipinski definition) is 2. The topological polar surface area (TPSA) is 45.7 Å². The first-order valence-corrected chi connectivity index (χ1v) is 8.18. The molecule has 1 atom stereocenters. The van der Waals surface area contributed by atoms with Gasteiger partial charge in [-0.1, -0.05) is 12.1 Å². The monoisotopic (exact) mass is 491 g/mol. The fourth-order valence-electron chi connectivity index (χ4n) is 2.03. The summed E-state index contributed by atoms with van der Waals surface area (Å²) in [7, 11) is 0. The van der Waals surface area contributed by atoms with Crippen LogP contribution in [0, 0.1) is 12.7 Å². The van der Waals surface area contributed by atoms with Crippen LogP contribution in [0.15, 0.2) is 23.2 Å². The summed E-state index contributed by atoms with van der Waals surface area (Å²) in [5.41, 5.74) is 1.36. The largest absolute Gasteiger partial charge is 0.411 e. The molecule has 0 bridgehead atoms. The maximum atomic E-state index is 13.7. The number of benzene rings is 1. The van der Waals surface area contributed by atoms with Crippen LogP contribution in [0.25, 0.3) is 0 Å². The van der Waals surface area contributed by atoms with Crippen LogP contribution in [-0.4, -0.2) is 38.4 Å². The quantitative estimate of drug-likeness (QED) is 0.187. The smallest absolute Gasteiger partial charge is 0.372 e. The second-order valence-electron chi connectivity index (χ2n) is 5.66. The number of hydrogen-bond donors (Lipinski definition) is 2. The summed E-state index contributed by atoms with van der Waals surface area (Å²) < 4.78 is 54.1. The molecular weight excluding hydrogens is 465 g/mol. The zero-order chi connectivity index (χ0) is 18.9. The standard InChI is InChI=1S/C17H25F4N3O.HI/c1-4-22-16(23-8-5-9-25-11-17(19,20)21)24-13(3)14-7-6-12(2)15(18)10-14;/h6-7,10,13H,4-5,8-9,11H2,1-3H3,(H2,22,23,24);1H. The first-order chi connectivity index (χ1) is 11.7. The minimum atomic E-state index is -4.31. The Balaban J connectivity index is 0.00000625. The number of nitrogens with zero attached hydrogens (tertiary/aromatic N) is 1. The van der Waals surface area contributed by atoms with Crippen molar-refractivity contribution in [2.24, 2.45) is 4.99 Å². The highest BCUT2D eigenvalue weighted by Gasteiger charge is 2.27. The number of nitrogens with one attached hydrogen (secondary N) is 2. The van der Waals surface area contributed by atoms with E-state index in [4.69, 9.17) is 0 Å². The van der Waals surface area contributed by atoms with Crippen LogP contribution in [0.4, 0.5) is 17.6 Å². The summed E-state index contributed by atoms with van der Waals surface area (Å²) >= 11 is 0. The lowest BCUT2D eigenvalue weighted by atomic mass is 10.1. The summed E-state index contributed by atoms with van der Waals surface area (Å²) in [6.45, 7) is 5.17. The van der Waals surface area contributed by atoms with E-state index in [1.54, 1.807) is 13.0 Å². The van der Waals surface area contributed by atoms with E-state index in [9.17, 15) is 17.6 Å². The van der Waals surface area contributed by atoms with Gasteiger partial charge in [0.2, 0.25) is 0 Å². The second kappa shape index (κ2) is 12.3. The van der Waals surface area contributed by atoms with Crippen LogP contribution in [0.2, 0.25) is 0 Å². The zero-order valence-electron chi connectivity index (χ0n) is 15.1. The normalized spacial score (nSPS) is 13.1. The minimum Gasteiger partial charge on any atom is -0.372 e. The van der Waals surface area contributed by atoms with Crippen molar-refractivity contribution in [3.63, 3.8) is 0 Å². The van der Waals surface area contributed by atoms with Gasteiger partial charge in [-0.15, -0.1) is 24.0 Å². The first kappa shape index (κ1) is 24.9. The van der Waals surface area contributed by atoms with Gasteiger partial charge < -0.3 is 15.4 Å². The Morgan fingerprint density at radius 2 is 2.00 bits per heavy atom. The fourth-order valence-corrected chi connectivity index (χ4v) is 2.03. The summed E-state index contributed by atoms with van der Waals surface area (Å²) in [5, 5.41) is 6.20. The van der Waals surface area contributed by atoms with Crippen molar-refractivity contribution in [2.45, 2.75) is 39.4 Å². The molecule has 0 aliphatic carbocycles. The molecule has 0 saturated heterocycles. The van der Waals surface area contributed by atoms with Crippen LogP contribution >= 0.6 is 24.0 Å². The van der Waals surface area contributed by atoms with E-state index in [-0.39, 0.29) is 42.4 Å². The van der Waals surface area contributed by atoms with Crippen molar-refractivity contribution in [3.8, 4) is 0 Å². The zero-order valence-corrected chi connectivity index (χ0v) is 17.5. The maximum absolute atomic E-state index is 13.7. The van der Waals surface area contributed by atoms with E-state index < -0.39 is 12.8 Å². The molecule has 0 aliphatic heterocycles. The molecule has 1 unspecified atom stereocenters. The van der Waals surface area contributed by atoms with E-state index >= 15 is 0 Å². The average Bonchev–Trinajstić information content (AvgIpc) is 2.52. The fraction of sp³-hybridized carbons (Fsp3) is 0.588. The van der Waals surface area contributed by atoms with Crippen LogP contribution in [0.3, 0.4) is 0 Å².